The zero-order valence-corrected chi connectivity index (χ0v) is 12.9. The van der Waals surface area contributed by atoms with Gasteiger partial charge >= 0.3 is 0 Å². The molecule has 0 aliphatic heterocycles. The lowest BCUT2D eigenvalue weighted by Gasteiger charge is -2.35. The molecule has 0 radical (unpaired) electrons. The average molecular weight is 306 g/mol. The molecule has 21 heavy (non-hydrogen) atoms. The van der Waals surface area contributed by atoms with Gasteiger partial charge in [0.1, 0.15) is 0 Å². The van der Waals surface area contributed by atoms with Crippen LogP contribution in [-0.4, -0.2) is 16.7 Å². The summed E-state index contributed by atoms with van der Waals surface area (Å²) in [5, 5.41) is 4.78. The van der Waals surface area contributed by atoms with Crippen LogP contribution in [0.15, 0.2) is 28.8 Å². The van der Waals surface area contributed by atoms with Gasteiger partial charge in [-0.15, -0.1) is 0 Å². The van der Waals surface area contributed by atoms with Crippen LogP contribution in [0.5, 0.6) is 0 Å². The molecule has 0 spiro atoms. The number of aromatic nitrogens is 2. The van der Waals surface area contributed by atoms with Gasteiger partial charge in [-0.25, -0.2) is 0 Å². The van der Waals surface area contributed by atoms with Crippen molar-refractivity contribution in [2.45, 2.75) is 38.0 Å². The van der Waals surface area contributed by atoms with Gasteiger partial charge in [0.05, 0.1) is 5.41 Å². The maximum absolute atomic E-state index is 6.04. The van der Waals surface area contributed by atoms with Crippen molar-refractivity contribution in [2.75, 3.05) is 6.54 Å². The Balaban J connectivity index is 1.90. The van der Waals surface area contributed by atoms with Gasteiger partial charge in [-0.2, -0.15) is 4.98 Å². The summed E-state index contributed by atoms with van der Waals surface area (Å²) in [5.41, 5.74) is 6.75. The highest BCUT2D eigenvalue weighted by atomic mass is 35.5. The molecule has 0 atom stereocenters. The minimum atomic E-state index is -0.156. The summed E-state index contributed by atoms with van der Waals surface area (Å²) in [5.74, 6) is 2.01. The lowest BCUT2D eigenvalue weighted by atomic mass is 9.71. The van der Waals surface area contributed by atoms with E-state index in [1.165, 1.54) is 0 Å². The van der Waals surface area contributed by atoms with Gasteiger partial charge < -0.3 is 10.3 Å². The Morgan fingerprint density at radius 1 is 1.38 bits per heavy atom. The van der Waals surface area contributed by atoms with Crippen molar-refractivity contribution in [2.24, 2.45) is 11.7 Å². The van der Waals surface area contributed by atoms with Crippen molar-refractivity contribution in [3.05, 3.63) is 35.2 Å². The molecule has 0 unspecified atom stereocenters. The fourth-order valence-electron chi connectivity index (χ4n) is 3.00. The Kier molecular flexibility index (Phi) is 4.00. The van der Waals surface area contributed by atoms with Gasteiger partial charge in [0.25, 0.3) is 0 Å². The first-order valence-corrected chi connectivity index (χ1v) is 7.81. The van der Waals surface area contributed by atoms with Gasteiger partial charge in [-0.1, -0.05) is 35.8 Å². The third kappa shape index (κ3) is 2.83. The van der Waals surface area contributed by atoms with Crippen molar-refractivity contribution in [3.63, 3.8) is 0 Å². The molecule has 1 aliphatic carbocycles. The predicted molar refractivity (Wildman–Crippen MR) is 83.1 cm³/mol. The maximum atomic E-state index is 6.04. The molecule has 1 heterocycles. The molecule has 4 nitrogen and oxygen atoms in total. The summed E-state index contributed by atoms with van der Waals surface area (Å²) in [6.45, 7) is 2.84. The molecule has 2 N–H and O–H groups in total. The first-order valence-electron chi connectivity index (χ1n) is 7.43. The van der Waals surface area contributed by atoms with E-state index in [1.54, 1.807) is 0 Å². The SMILES string of the molecule is CC1CCC(CN)(c2nc(-c3cccc(Cl)c3)no2)CC1. The molecule has 1 aromatic heterocycles. The monoisotopic (exact) mass is 305 g/mol. The minimum absolute atomic E-state index is 0.156. The van der Waals surface area contributed by atoms with Gasteiger partial charge in [-0.3, -0.25) is 0 Å². The standard InChI is InChI=1S/C16H20ClN3O/c1-11-5-7-16(10-18,8-6-11)15-19-14(20-21-15)12-3-2-4-13(17)9-12/h2-4,9,11H,5-8,10,18H2,1H3. The van der Waals surface area contributed by atoms with Gasteiger partial charge in [-0.05, 0) is 43.7 Å². The van der Waals surface area contributed by atoms with E-state index in [9.17, 15) is 0 Å². The first-order chi connectivity index (χ1) is 10.1. The summed E-state index contributed by atoms with van der Waals surface area (Å²) >= 11 is 6.01. The van der Waals surface area contributed by atoms with Crippen LogP contribution in [0.2, 0.25) is 5.02 Å². The van der Waals surface area contributed by atoms with E-state index < -0.39 is 0 Å². The number of halogens is 1. The summed E-state index contributed by atoms with van der Waals surface area (Å²) in [7, 11) is 0. The summed E-state index contributed by atoms with van der Waals surface area (Å²) in [6, 6.07) is 7.48. The van der Waals surface area contributed by atoms with Gasteiger partial charge in [0, 0.05) is 17.1 Å². The summed E-state index contributed by atoms with van der Waals surface area (Å²) in [4.78, 5) is 4.60. The number of nitrogens with two attached hydrogens (primary N) is 1. The largest absolute Gasteiger partial charge is 0.338 e. The number of benzene rings is 1. The Hall–Kier alpha value is -1.39. The third-order valence-electron chi connectivity index (χ3n) is 4.58. The molecule has 1 saturated carbocycles. The van der Waals surface area contributed by atoms with E-state index in [4.69, 9.17) is 21.9 Å². The van der Waals surface area contributed by atoms with Crippen LogP contribution in [0.4, 0.5) is 0 Å². The van der Waals surface area contributed by atoms with Crippen LogP contribution >= 0.6 is 11.6 Å². The van der Waals surface area contributed by atoms with Crippen molar-refractivity contribution in [1.82, 2.24) is 10.1 Å². The van der Waals surface area contributed by atoms with E-state index in [1.807, 2.05) is 24.3 Å². The molecule has 0 bridgehead atoms. The maximum Gasteiger partial charge on any atom is 0.234 e. The molecule has 0 saturated heterocycles. The molecule has 1 aliphatic rings. The van der Waals surface area contributed by atoms with Crippen LogP contribution in [0.3, 0.4) is 0 Å². The smallest absolute Gasteiger partial charge is 0.234 e. The molecule has 112 valence electrons. The van der Waals surface area contributed by atoms with Crippen LogP contribution in [0, 0.1) is 5.92 Å². The number of hydrogen-bond donors (Lipinski definition) is 1. The Morgan fingerprint density at radius 3 is 2.81 bits per heavy atom. The van der Waals surface area contributed by atoms with E-state index in [-0.39, 0.29) is 5.41 Å². The van der Waals surface area contributed by atoms with Crippen LogP contribution in [0.25, 0.3) is 11.4 Å². The number of rotatable bonds is 3. The zero-order chi connectivity index (χ0) is 14.9. The van der Waals surface area contributed by atoms with Gasteiger partial charge in [0.15, 0.2) is 0 Å². The molecule has 3 rings (SSSR count). The Labute approximate surface area is 129 Å². The van der Waals surface area contributed by atoms with Crippen molar-refractivity contribution in [1.29, 1.82) is 0 Å². The lowest BCUT2D eigenvalue weighted by molar-refractivity contribution is 0.191. The zero-order valence-electron chi connectivity index (χ0n) is 12.2. The molecule has 5 heteroatoms. The average Bonchev–Trinajstić information content (AvgIpc) is 2.99. The Morgan fingerprint density at radius 2 is 2.14 bits per heavy atom. The molecule has 2 aromatic rings. The highest BCUT2D eigenvalue weighted by Gasteiger charge is 2.39. The molecule has 1 fully saturated rings. The van der Waals surface area contributed by atoms with E-state index >= 15 is 0 Å². The normalized spacial score (nSPS) is 26.0. The van der Waals surface area contributed by atoms with Gasteiger partial charge in [0.2, 0.25) is 11.7 Å². The van der Waals surface area contributed by atoms with E-state index in [2.05, 4.69) is 17.1 Å². The fourth-order valence-corrected chi connectivity index (χ4v) is 3.19. The third-order valence-corrected chi connectivity index (χ3v) is 4.82. The van der Waals surface area contributed by atoms with Crippen LogP contribution < -0.4 is 5.73 Å². The van der Waals surface area contributed by atoms with Crippen molar-refractivity contribution >= 4 is 11.6 Å². The minimum Gasteiger partial charge on any atom is -0.338 e. The molecular formula is C16H20ClN3O. The van der Waals surface area contributed by atoms with Crippen LogP contribution in [-0.2, 0) is 5.41 Å². The second-order valence-corrected chi connectivity index (χ2v) is 6.54. The van der Waals surface area contributed by atoms with Crippen LogP contribution in [0.1, 0.15) is 38.5 Å². The molecule has 1 aromatic carbocycles. The van der Waals surface area contributed by atoms with E-state index in [0.29, 0.717) is 23.3 Å². The summed E-state index contributed by atoms with van der Waals surface area (Å²) in [6.07, 6.45) is 4.35. The summed E-state index contributed by atoms with van der Waals surface area (Å²) < 4.78 is 5.54. The highest BCUT2D eigenvalue weighted by Crippen LogP contribution is 2.40. The predicted octanol–water partition coefficient (Wildman–Crippen LogP) is 3.80. The number of nitrogens with zero attached hydrogens (tertiary/aromatic N) is 2. The second-order valence-electron chi connectivity index (χ2n) is 6.10. The lowest BCUT2D eigenvalue weighted by Crippen LogP contribution is -2.39. The fraction of sp³-hybridized carbons (Fsp3) is 0.500. The quantitative estimate of drug-likeness (QED) is 0.936. The van der Waals surface area contributed by atoms with Crippen molar-refractivity contribution < 1.29 is 4.52 Å². The van der Waals surface area contributed by atoms with Crippen molar-refractivity contribution in [3.8, 4) is 11.4 Å². The highest BCUT2D eigenvalue weighted by molar-refractivity contribution is 6.30. The molecule has 0 amide bonds. The second kappa shape index (κ2) is 5.78. The first kappa shape index (κ1) is 14.5. The Bertz CT molecular complexity index is 617. The van der Waals surface area contributed by atoms with E-state index in [0.717, 1.165) is 37.2 Å². The molecular weight excluding hydrogens is 286 g/mol. The number of hydrogen-bond acceptors (Lipinski definition) is 4. The topological polar surface area (TPSA) is 64.9 Å².